The van der Waals surface area contributed by atoms with Gasteiger partial charge in [-0.15, -0.1) is 0 Å². The van der Waals surface area contributed by atoms with Crippen LogP contribution in [0.25, 0.3) is 0 Å². The Morgan fingerprint density at radius 3 is 2.38 bits per heavy atom. The van der Waals surface area contributed by atoms with E-state index in [1.54, 1.807) is 0 Å². The molecule has 5 nitrogen and oxygen atoms in total. The number of phenols is 1. The number of nitro groups is 1. The van der Waals surface area contributed by atoms with E-state index in [1.807, 2.05) is 0 Å². The maximum absolute atomic E-state index is 11.0. The summed E-state index contributed by atoms with van der Waals surface area (Å²) in [6, 6.07) is 5.32. The highest BCUT2D eigenvalue weighted by atomic mass is 16.6. The Hall–Kier alpha value is -1.91. The van der Waals surface area contributed by atoms with Gasteiger partial charge in [0.05, 0.1) is 0 Å². The van der Waals surface area contributed by atoms with E-state index in [0.717, 1.165) is 0 Å². The molecule has 0 radical (unpaired) electrons. The summed E-state index contributed by atoms with van der Waals surface area (Å²) in [5, 5.41) is 18.9. The standard InChI is InChI=1S/C8H7NO4/c10-7-3-1-6(2-4-7)8(11)5-9(12)13/h1-4,10H,5H2. The van der Waals surface area contributed by atoms with E-state index >= 15 is 0 Å². The van der Waals surface area contributed by atoms with Crippen LogP contribution in [-0.4, -0.2) is 22.4 Å². The number of carbonyl (C=O) groups is 1. The van der Waals surface area contributed by atoms with Crippen molar-refractivity contribution in [3.8, 4) is 5.75 Å². The molecule has 1 N–H and O–H groups in total. The molecule has 0 amide bonds. The van der Waals surface area contributed by atoms with Gasteiger partial charge in [-0.05, 0) is 24.3 Å². The van der Waals surface area contributed by atoms with Crippen molar-refractivity contribution < 1.29 is 14.8 Å². The molecule has 0 aliphatic heterocycles. The van der Waals surface area contributed by atoms with E-state index in [0.29, 0.717) is 0 Å². The maximum Gasteiger partial charge on any atom is 0.265 e. The minimum atomic E-state index is -0.717. The molecule has 0 spiro atoms. The fraction of sp³-hybridized carbons (Fsp3) is 0.125. The molecule has 1 aromatic carbocycles. The van der Waals surface area contributed by atoms with Crippen molar-refractivity contribution >= 4 is 5.78 Å². The molecule has 1 rings (SSSR count). The zero-order valence-corrected chi connectivity index (χ0v) is 6.64. The molecule has 0 bridgehead atoms. The summed E-state index contributed by atoms with van der Waals surface area (Å²) >= 11 is 0. The molecule has 0 saturated heterocycles. The van der Waals surface area contributed by atoms with E-state index < -0.39 is 17.3 Å². The summed E-state index contributed by atoms with van der Waals surface area (Å²) in [6.07, 6.45) is 0. The minimum absolute atomic E-state index is 0.0256. The minimum Gasteiger partial charge on any atom is -0.508 e. The second-order valence-corrected chi connectivity index (χ2v) is 2.46. The van der Waals surface area contributed by atoms with E-state index in [-0.39, 0.29) is 11.3 Å². The molecular weight excluding hydrogens is 174 g/mol. The molecule has 0 aliphatic carbocycles. The summed E-state index contributed by atoms with van der Waals surface area (Å²) in [5.74, 6) is -0.539. The summed E-state index contributed by atoms with van der Waals surface area (Å²) in [4.78, 5) is 20.3. The lowest BCUT2D eigenvalue weighted by molar-refractivity contribution is -0.465. The van der Waals surface area contributed by atoms with Gasteiger partial charge >= 0.3 is 0 Å². The first-order valence-corrected chi connectivity index (χ1v) is 3.53. The summed E-state index contributed by atoms with van der Waals surface area (Å²) in [5.41, 5.74) is 0.231. The molecule has 5 heteroatoms. The third kappa shape index (κ3) is 2.55. The number of hydrogen-bond acceptors (Lipinski definition) is 4. The normalized spacial score (nSPS) is 9.54. The number of ketones is 1. The predicted molar refractivity (Wildman–Crippen MR) is 44.3 cm³/mol. The van der Waals surface area contributed by atoms with Gasteiger partial charge in [0.2, 0.25) is 5.78 Å². The van der Waals surface area contributed by atoms with Crippen LogP contribution in [0.2, 0.25) is 0 Å². The van der Waals surface area contributed by atoms with Gasteiger partial charge in [-0.2, -0.15) is 0 Å². The van der Waals surface area contributed by atoms with Gasteiger partial charge in [0.1, 0.15) is 5.75 Å². The Kier molecular flexibility index (Phi) is 2.59. The van der Waals surface area contributed by atoms with Crippen molar-refractivity contribution in [3.05, 3.63) is 39.9 Å². The Morgan fingerprint density at radius 1 is 1.38 bits per heavy atom. The second-order valence-electron chi connectivity index (χ2n) is 2.46. The van der Waals surface area contributed by atoms with E-state index in [9.17, 15) is 14.9 Å². The van der Waals surface area contributed by atoms with Crippen molar-refractivity contribution in [2.45, 2.75) is 0 Å². The Balaban J connectivity index is 2.78. The van der Waals surface area contributed by atoms with Crippen molar-refractivity contribution in [2.75, 3.05) is 6.54 Å². The van der Waals surface area contributed by atoms with Gasteiger partial charge in [0.15, 0.2) is 0 Å². The summed E-state index contributed by atoms with van der Waals surface area (Å²) in [7, 11) is 0. The molecular formula is C8H7NO4. The first kappa shape index (κ1) is 9.18. The van der Waals surface area contributed by atoms with Gasteiger partial charge in [-0.1, -0.05) is 0 Å². The predicted octanol–water partition coefficient (Wildman–Crippen LogP) is 0.852. The van der Waals surface area contributed by atoms with Crippen LogP contribution in [0, 0.1) is 10.1 Å². The molecule has 0 aliphatic rings. The molecule has 68 valence electrons. The number of nitrogens with zero attached hydrogens (tertiary/aromatic N) is 1. The quantitative estimate of drug-likeness (QED) is 0.426. The van der Waals surface area contributed by atoms with Crippen LogP contribution in [0.1, 0.15) is 10.4 Å². The maximum atomic E-state index is 11.0. The highest BCUT2D eigenvalue weighted by Gasteiger charge is 2.11. The summed E-state index contributed by atoms with van der Waals surface area (Å²) in [6.45, 7) is -0.717. The third-order valence-electron chi connectivity index (χ3n) is 1.46. The van der Waals surface area contributed by atoms with Crippen LogP contribution in [-0.2, 0) is 0 Å². The Bertz CT molecular complexity index is 331. The van der Waals surface area contributed by atoms with Crippen molar-refractivity contribution in [1.82, 2.24) is 0 Å². The van der Waals surface area contributed by atoms with Gasteiger partial charge < -0.3 is 5.11 Å². The highest BCUT2D eigenvalue weighted by molar-refractivity contribution is 5.96. The molecule has 0 atom stereocenters. The van der Waals surface area contributed by atoms with Crippen LogP contribution in [0.15, 0.2) is 24.3 Å². The number of Topliss-reactive ketones (excluding diaryl/α,β-unsaturated/α-hetero) is 1. The van der Waals surface area contributed by atoms with Gasteiger partial charge in [-0.3, -0.25) is 14.9 Å². The fourth-order valence-electron chi connectivity index (χ4n) is 0.856. The van der Waals surface area contributed by atoms with Gasteiger partial charge in [0.25, 0.3) is 6.54 Å². The molecule has 13 heavy (non-hydrogen) atoms. The van der Waals surface area contributed by atoms with Crippen LogP contribution in [0.3, 0.4) is 0 Å². The molecule has 0 saturated carbocycles. The monoisotopic (exact) mass is 181 g/mol. The smallest absolute Gasteiger partial charge is 0.265 e. The first-order chi connectivity index (χ1) is 6.09. The average molecular weight is 181 g/mol. The Morgan fingerprint density at radius 2 is 1.92 bits per heavy atom. The topological polar surface area (TPSA) is 80.4 Å². The lowest BCUT2D eigenvalue weighted by Crippen LogP contribution is -2.13. The zero-order valence-electron chi connectivity index (χ0n) is 6.64. The van der Waals surface area contributed by atoms with Crippen LogP contribution in [0.5, 0.6) is 5.75 Å². The second kappa shape index (κ2) is 3.66. The van der Waals surface area contributed by atoms with Crippen molar-refractivity contribution in [3.63, 3.8) is 0 Å². The number of hydrogen-bond donors (Lipinski definition) is 1. The van der Waals surface area contributed by atoms with Crippen LogP contribution < -0.4 is 0 Å². The van der Waals surface area contributed by atoms with Gasteiger partial charge in [-0.25, -0.2) is 0 Å². The third-order valence-corrected chi connectivity index (χ3v) is 1.46. The molecule has 0 fully saturated rings. The molecule has 0 unspecified atom stereocenters. The van der Waals surface area contributed by atoms with Crippen molar-refractivity contribution in [1.29, 1.82) is 0 Å². The van der Waals surface area contributed by atoms with Crippen LogP contribution in [0.4, 0.5) is 0 Å². The number of phenolic OH excluding ortho intramolecular Hbond substituents is 1. The first-order valence-electron chi connectivity index (χ1n) is 3.53. The Labute approximate surface area is 73.8 Å². The van der Waals surface area contributed by atoms with E-state index in [2.05, 4.69) is 0 Å². The van der Waals surface area contributed by atoms with Crippen molar-refractivity contribution in [2.24, 2.45) is 0 Å². The summed E-state index contributed by atoms with van der Waals surface area (Å²) < 4.78 is 0. The largest absolute Gasteiger partial charge is 0.508 e. The number of benzene rings is 1. The fourth-order valence-corrected chi connectivity index (χ4v) is 0.856. The highest BCUT2D eigenvalue weighted by Crippen LogP contribution is 2.09. The molecule has 1 aromatic rings. The van der Waals surface area contributed by atoms with E-state index in [4.69, 9.17) is 5.11 Å². The number of rotatable bonds is 3. The van der Waals surface area contributed by atoms with E-state index in [1.165, 1.54) is 24.3 Å². The SMILES string of the molecule is O=C(C[N+](=O)[O-])c1ccc(O)cc1. The lowest BCUT2D eigenvalue weighted by Gasteiger charge is -1.95. The molecule has 0 heterocycles. The zero-order chi connectivity index (χ0) is 9.84. The van der Waals surface area contributed by atoms with Crippen LogP contribution >= 0.6 is 0 Å². The number of carbonyl (C=O) groups excluding carboxylic acids is 1. The van der Waals surface area contributed by atoms with Gasteiger partial charge in [0, 0.05) is 10.5 Å². The number of aromatic hydroxyl groups is 1. The molecule has 0 aromatic heterocycles. The average Bonchev–Trinajstić information content (AvgIpc) is 2.04. The lowest BCUT2D eigenvalue weighted by atomic mass is 10.1.